The fraction of sp³-hybridized carbons (Fsp3) is 1.00. The molecule has 78 valence electrons. The third kappa shape index (κ3) is 3.88. The average Bonchev–Trinajstić information content (AvgIpc) is 2.19. The summed E-state index contributed by atoms with van der Waals surface area (Å²) in [4.78, 5) is 0. The molecule has 1 N–H and O–H groups in total. The van der Waals surface area contributed by atoms with Crippen LogP contribution in [0.15, 0.2) is 0 Å². The highest BCUT2D eigenvalue weighted by atomic mass is 32.2. The van der Waals surface area contributed by atoms with E-state index >= 15 is 0 Å². The molecule has 2 atom stereocenters. The van der Waals surface area contributed by atoms with Crippen LogP contribution in [0, 0.1) is 0 Å². The van der Waals surface area contributed by atoms with Crippen LogP contribution in [0.1, 0.15) is 25.7 Å². The summed E-state index contributed by atoms with van der Waals surface area (Å²) in [6, 6.07) is 0.593. The quantitative estimate of drug-likeness (QED) is 0.690. The molecular formula is C10H21NOS. The second-order valence-electron chi connectivity index (χ2n) is 3.58. The Morgan fingerprint density at radius 1 is 1.38 bits per heavy atom. The molecule has 0 saturated heterocycles. The fourth-order valence-corrected chi connectivity index (χ4v) is 2.17. The minimum Gasteiger partial charge on any atom is -0.376 e. The fourth-order valence-electron chi connectivity index (χ4n) is 1.91. The Hall–Kier alpha value is 0.270. The lowest BCUT2D eigenvalue weighted by Crippen LogP contribution is -2.42. The van der Waals surface area contributed by atoms with Gasteiger partial charge in [-0.1, -0.05) is 12.8 Å². The number of ether oxygens (including phenoxy) is 1. The van der Waals surface area contributed by atoms with E-state index in [1.54, 1.807) is 0 Å². The van der Waals surface area contributed by atoms with Crippen LogP contribution in [0.2, 0.25) is 0 Å². The average molecular weight is 203 g/mol. The first-order valence-electron chi connectivity index (χ1n) is 5.16. The molecular weight excluding hydrogens is 182 g/mol. The summed E-state index contributed by atoms with van der Waals surface area (Å²) in [6.07, 6.45) is 7.79. The zero-order valence-corrected chi connectivity index (χ0v) is 9.53. The second-order valence-corrected chi connectivity index (χ2v) is 4.57. The van der Waals surface area contributed by atoms with Gasteiger partial charge in [0.05, 0.1) is 12.7 Å². The van der Waals surface area contributed by atoms with E-state index in [1.165, 1.54) is 25.7 Å². The largest absolute Gasteiger partial charge is 0.376 e. The summed E-state index contributed by atoms with van der Waals surface area (Å²) in [6.45, 7) is 0.907. The van der Waals surface area contributed by atoms with Crippen LogP contribution in [0.5, 0.6) is 0 Å². The molecule has 1 rings (SSSR count). The van der Waals surface area contributed by atoms with Crippen molar-refractivity contribution in [1.82, 2.24) is 5.32 Å². The normalized spacial score (nSPS) is 29.1. The molecule has 3 heteroatoms. The minimum absolute atomic E-state index is 0.464. The van der Waals surface area contributed by atoms with Crippen LogP contribution in [-0.4, -0.2) is 37.8 Å². The lowest BCUT2D eigenvalue weighted by molar-refractivity contribution is 0.0159. The van der Waals surface area contributed by atoms with Gasteiger partial charge in [-0.05, 0) is 26.1 Å². The molecule has 0 spiro atoms. The molecule has 2 nitrogen and oxygen atoms in total. The van der Waals surface area contributed by atoms with E-state index < -0.39 is 0 Å². The van der Waals surface area contributed by atoms with E-state index in [4.69, 9.17) is 4.74 Å². The van der Waals surface area contributed by atoms with Gasteiger partial charge in [0.15, 0.2) is 0 Å². The van der Waals surface area contributed by atoms with Gasteiger partial charge in [-0.15, -0.1) is 0 Å². The van der Waals surface area contributed by atoms with Crippen molar-refractivity contribution in [2.45, 2.75) is 37.8 Å². The molecule has 0 radical (unpaired) electrons. The molecule has 0 amide bonds. The van der Waals surface area contributed by atoms with E-state index in [1.807, 2.05) is 18.8 Å². The van der Waals surface area contributed by atoms with Crippen molar-refractivity contribution in [3.05, 3.63) is 0 Å². The number of nitrogens with one attached hydrogen (secondary N) is 1. The van der Waals surface area contributed by atoms with E-state index in [-0.39, 0.29) is 0 Å². The molecule has 0 aliphatic heterocycles. The van der Waals surface area contributed by atoms with Crippen molar-refractivity contribution in [2.24, 2.45) is 0 Å². The zero-order valence-electron chi connectivity index (χ0n) is 8.71. The van der Waals surface area contributed by atoms with Gasteiger partial charge in [0.25, 0.3) is 0 Å². The molecule has 0 aromatic rings. The third-order valence-corrected chi connectivity index (χ3v) is 3.27. The van der Waals surface area contributed by atoms with Gasteiger partial charge in [0.1, 0.15) is 0 Å². The standard InChI is InChI=1S/C10H21NOS/c1-11-9-5-3-4-6-10(9)12-7-8-13-2/h9-11H,3-8H2,1-2H3. The Morgan fingerprint density at radius 2 is 2.15 bits per heavy atom. The van der Waals surface area contributed by atoms with Crippen LogP contribution in [0.25, 0.3) is 0 Å². The lowest BCUT2D eigenvalue weighted by Gasteiger charge is -2.31. The Morgan fingerprint density at radius 3 is 2.85 bits per heavy atom. The molecule has 0 aromatic heterocycles. The maximum Gasteiger partial charge on any atom is 0.0728 e. The van der Waals surface area contributed by atoms with Gasteiger partial charge in [-0.2, -0.15) is 11.8 Å². The number of hydrogen-bond donors (Lipinski definition) is 1. The first-order chi connectivity index (χ1) is 6.38. The topological polar surface area (TPSA) is 21.3 Å². The Kier molecular flexibility index (Phi) is 5.83. The summed E-state index contributed by atoms with van der Waals surface area (Å²) >= 11 is 1.85. The predicted molar refractivity (Wildman–Crippen MR) is 59.4 cm³/mol. The number of hydrogen-bond acceptors (Lipinski definition) is 3. The van der Waals surface area contributed by atoms with Crippen molar-refractivity contribution in [3.63, 3.8) is 0 Å². The smallest absolute Gasteiger partial charge is 0.0728 e. The lowest BCUT2D eigenvalue weighted by atomic mass is 9.92. The van der Waals surface area contributed by atoms with Gasteiger partial charge in [-0.3, -0.25) is 0 Å². The number of rotatable bonds is 5. The van der Waals surface area contributed by atoms with Crippen LogP contribution in [0.4, 0.5) is 0 Å². The van der Waals surface area contributed by atoms with E-state index in [0.29, 0.717) is 12.1 Å². The van der Waals surface area contributed by atoms with Gasteiger partial charge < -0.3 is 10.1 Å². The molecule has 1 fully saturated rings. The van der Waals surface area contributed by atoms with Gasteiger partial charge >= 0.3 is 0 Å². The van der Waals surface area contributed by atoms with E-state index in [9.17, 15) is 0 Å². The monoisotopic (exact) mass is 203 g/mol. The van der Waals surface area contributed by atoms with Crippen molar-refractivity contribution >= 4 is 11.8 Å². The number of likely N-dealkylation sites (N-methyl/N-ethyl adjacent to an activating group) is 1. The van der Waals surface area contributed by atoms with Crippen molar-refractivity contribution < 1.29 is 4.74 Å². The molecule has 1 saturated carbocycles. The Bertz CT molecular complexity index is 132. The minimum atomic E-state index is 0.464. The second kappa shape index (κ2) is 6.68. The molecule has 1 aliphatic carbocycles. The highest BCUT2D eigenvalue weighted by Gasteiger charge is 2.23. The highest BCUT2D eigenvalue weighted by Crippen LogP contribution is 2.21. The molecule has 2 unspecified atom stereocenters. The predicted octanol–water partition coefficient (Wildman–Crippen LogP) is 1.90. The molecule has 0 bridgehead atoms. The van der Waals surface area contributed by atoms with Gasteiger partial charge in [-0.25, -0.2) is 0 Å². The third-order valence-electron chi connectivity index (χ3n) is 2.69. The first kappa shape index (κ1) is 11.3. The summed E-state index contributed by atoms with van der Waals surface area (Å²) in [7, 11) is 2.04. The summed E-state index contributed by atoms with van der Waals surface area (Å²) in [5.74, 6) is 1.12. The van der Waals surface area contributed by atoms with E-state index in [0.717, 1.165) is 12.4 Å². The van der Waals surface area contributed by atoms with Crippen LogP contribution in [0.3, 0.4) is 0 Å². The number of thioether (sulfide) groups is 1. The van der Waals surface area contributed by atoms with Crippen LogP contribution < -0.4 is 5.32 Å². The van der Waals surface area contributed by atoms with Gasteiger partial charge in [0, 0.05) is 11.8 Å². The summed E-state index contributed by atoms with van der Waals surface area (Å²) < 4.78 is 5.84. The molecule has 13 heavy (non-hydrogen) atoms. The zero-order chi connectivity index (χ0) is 9.52. The van der Waals surface area contributed by atoms with Gasteiger partial charge in [0.2, 0.25) is 0 Å². The molecule has 0 heterocycles. The summed E-state index contributed by atoms with van der Waals surface area (Å²) in [5, 5.41) is 3.35. The Labute approximate surface area is 85.8 Å². The van der Waals surface area contributed by atoms with Crippen molar-refractivity contribution in [2.75, 3.05) is 25.7 Å². The maximum absolute atomic E-state index is 5.84. The maximum atomic E-state index is 5.84. The Balaban J connectivity index is 2.19. The van der Waals surface area contributed by atoms with E-state index in [2.05, 4.69) is 11.6 Å². The SMILES string of the molecule is CNC1CCCCC1OCCSC. The van der Waals surface area contributed by atoms with Crippen molar-refractivity contribution in [3.8, 4) is 0 Å². The van der Waals surface area contributed by atoms with Crippen LogP contribution in [-0.2, 0) is 4.74 Å². The van der Waals surface area contributed by atoms with Crippen LogP contribution >= 0.6 is 11.8 Å². The first-order valence-corrected chi connectivity index (χ1v) is 6.55. The molecule has 1 aliphatic rings. The molecule has 0 aromatic carbocycles. The summed E-state index contributed by atoms with van der Waals surface area (Å²) in [5.41, 5.74) is 0. The van der Waals surface area contributed by atoms with Crippen molar-refractivity contribution in [1.29, 1.82) is 0 Å². The highest BCUT2D eigenvalue weighted by molar-refractivity contribution is 7.98.